The Balaban J connectivity index is 1.53. The SMILES string of the molecule is CCOCC1(CN2CCC3(CC2)CC3(F)F)CC(F)(F)C1. The number of nitrogens with zero attached hydrogens (tertiary/aromatic N) is 1. The molecule has 1 spiro atoms. The number of rotatable bonds is 5. The molecule has 0 aromatic carbocycles. The molecule has 0 amide bonds. The van der Waals surface area contributed by atoms with E-state index in [1.807, 2.05) is 6.92 Å². The monoisotopic (exact) mass is 309 g/mol. The summed E-state index contributed by atoms with van der Waals surface area (Å²) in [6, 6.07) is 0. The molecular weight excluding hydrogens is 286 g/mol. The molecule has 0 atom stereocenters. The molecule has 0 aromatic heterocycles. The Morgan fingerprint density at radius 3 is 2.00 bits per heavy atom. The summed E-state index contributed by atoms with van der Waals surface area (Å²) in [5.74, 6) is -5.08. The molecule has 1 saturated heterocycles. The maximum atomic E-state index is 13.3. The number of hydrogen-bond donors (Lipinski definition) is 0. The van der Waals surface area contributed by atoms with Gasteiger partial charge in [0.1, 0.15) is 0 Å². The van der Waals surface area contributed by atoms with Crippen LogP contribution in [0.25, 0.3) is 0 Å². The minimum atomic E-state index is -2.59. The molecule has 0 N–H and O–H groups in total. The van der Waals surface area contributed by atoms with Crippen molar-refractivity contribution in [1.82, 2.24) is 4.90 Å². The maximum absolute atomic E-state index is 13.3. The zero-order chi connectivity index (χ0) is 15.4. The van der Waals surface area contributed by atoms with Crippen LogP contribution >= 0.6 is 0 Å². The number of alkyl halides is 4. The van der Waals surface area contributed by atoms with Crippen LogP contribution in [0.2, 0.25) is 0 Å². The highest BCUT2D eigenvalue weighted by molar-refractivity contribution is 5.12. The minimum Gasteiger partial charge on any atom is -0.381 e. The summed E-state index contributed by atoms with van der Waals surface area (Å²) in [6.45, 7) is 4.44. The Morgan fingerprint density at radius 1 is 1.00 bits per heavy atom. The van der Waals surface area contributed by atoms with Crippen LogP contribution in [0.15, 0.2) is 0 Å². The van der Waals surface area contributed by atoms with Gasteiger partial charge in [0.05, 0.1) is 6.61 Å². The average Bonchev–Trinajstić information content (AvgIpc) is 2.89. The van der Waals surface area contributed by atoms with Gasteiger partial charge in [-0.3, -0.25) is 0 Å². The van der Waals surface area contributed by atoms with Crippen molar-refractivity contribution in [2.75, 3.05) is 32.8 Å². The quantitative estimate of drug-likeness (QED) is 0.720. The van der Waals surface area contributed by atoms with Crippen LogP contribution in [0.3, 0.4) is 0 Å². The number of ether oxygens (including phenoxy) is 1. The third-order valence-electron chi connectivity index (χ3n) is 5.46. The van der Waals surface area contributed by atoms with Crippen LogP contribution < -0.4 is 0 Å². The molecule has 3 rings (SSSR count). The van der Waals surface area contributed by atoms with Gasteiger partial charge in [-0.25, -0.2) is 17.6 Å². The van der Waals surface area contributed by atoms with E-state index in [0.717, 1.165) is 0 Å². The number of piperidine rings is 1. The molecule has 2 saturated carbocycles. The Hall–Kier alpha value is -0.360. The first-order valence-electron chi connectivity index (χ1n) is 7.77. The van der Waals surface area contributed by atoms with Crippen molar-refractivity contribution in [2.24, 2.45) is 10.8 Å². The predicted molar refractivity (Wildman–Crippen MR) is 70.8 cm³/mol. The lowest BCUT2D eigenvalue weighted by atomic mass is 9.66. The van der Waals surface area contributed by atoms with Gasteiger partial charge in [0.25, 0.3) is 5.92 Å². The van der Waals surface area contributed by atoms with Crippen LogP contribution in [-0.4, -0.2) is 49.6 Å². The summed E-state index contributed by atoms with van der Waals surface area (Å²) >= 11 is 0. The largest absolute Gasteiger partial charge is 0.381 e. The van der Waals surface area contributed by atoms with E-state index in [4.69, 9.17) is 4.74 Å². The molecule has 3 fully saturated rings. The zero-order valence-corrected chi connectivity index (χ0v) is 12.4. The van der Waals surface area contributed by atoms with Gasteiger partial charge in [-0.05, 0) is 32.9 Å². The average molecular weight is 309 g/mol. The van der Waals surface area contributed by atoms with Crippen LogP contribution in [-0.2, 0) is 4.74 Å². The highest BCUT2D eigenvalue weighted by atomic mass is 19.3. The standard InChI is InChI=1S/C15H23F4NO/c1-2-21-11-12(7-14(16,17)8-12)10-20-5-3-13(4-6-20)9-15(13,18)19/h2-11H2,1H3. The third-order valence-corrected chi connectivity index (χ3v) is 5.46. The summed E-state index contributed by atoms with van der Waals surface area (Å²) in [5.41, 5.74) is -1.27. The van der Waals surface area contributed by atoms with E-state index in [1.165, 1.54) is 0 Å². The first-order chi connectivity index (χ1) is 9.72. The summed E-state index contributed by atoms with van der Waals surface area (Å²) in [6.07, 6.45) is 0.702. The van der Waals surface area contributed by atoms with Gasteiger partial charge >= 0.3 is 0 Å². The lowest BCUT2D eigenvalue weighted by Gasteiger charge is -2.50. The van der Waals surface area contributed by atoms with Gasteiger partial charge in [-0.15, -0.1) is 0 Å². The van der Waals surface area contributed by atoms with Crippen molar-refractivity contribution >= 4 is 0 Å². The number of likely N-dealkylation sites (tertiary alicyclic amines) is 1. The Kier molecular flexibility index (Phi) is 3.56. The first-order valence-corrected chi connectivity index (χ1v) is 7.77. The molecule has 0 unspecified atom stereocenters. The fourth-order valence-corrected chi connectivity index (χ4v) is 4.16. The number of halogens is 4. The Morgan fingerprint density at radius 2 is 1.57 bits per heavy atom. The van der Waals surface area contributed by atoms with Gasteiger partial charge in [0.15, 0.2) is 0 Å². The van der Waals surface area contributed by atoms with E-state index < -0.39 is 22.7 Å². The Labute approximate surface area is 122 Å². The molecule has 2 aliphatic carbocycles. The van der Waals surface area contributed by atoms with E-state index in [-0.39, 0.29) is 19.3 Å². The van der Waals surface area contributed by atoms with Crippen molar-refractivity contribution in [2.45, 2.75) is 50.9 Å². The lowest BCUT2D eigenvalue weighted by molar-refractivity contribution is -0.191. The molecule has 6 heteroatoms. The first kappa shape index (κ1) is 15.5. The smallest absolute Gasteiger partial charge is 0.254 e. The van der Waals surface area contributed by atoms with Crippen molar-refractivity contribution < 1.29 is 22.3 Å². The lowest BCUT2D eigenvalue weighted by Crippen LogP contribution is -2.56. The summed E-state index contributed by atoms with van der Waals surface area (Å²) in [4.78, 5) is 2.08. The zero-order valence-electron chi connectivity index (χ0n) is 12.4. The summed E-state index contributed by atoms with van der Waals surface area (Å²) < 4.78 is 58.6. The number of hydrogen-bond acceptors (Lipinski definition) is 2. The maximum Gasteiger partial charge on any atom is 0.254 e. The van der Waals surface area contributed by atoms with Gasteiger partial charge in [0.2, 0.25) is 5.92 Å². The van der Waals surface area contributed by atoms with Crippen LogP contribution in [0.1, 0.15) is 39.0 Å². The fraction of sp³-hybridized carbons (Fsp3) is 1.00. The van der Waals surface area contributed by atoms with Crippen molar-refractivity contribution in [1.29, 1.82) is 0 Å². The second-order valence-electron chi connectivity index (χ2n) is 7.28. The molecule has 1 aliphatic heterocycles. The molecule has 122 valence electrons. The molecule has 0 aromatic rings. The van der Waals surface area contributed by atoms with Crippen molar-refractivity contribution in [3.8, 4) is 0 Å². The Bertz CT molecular complexity index is 396. The molecule has 0 radical (unpaired) electrons. The second kappa shape index (κ2) is 4.82. The topological polar surface area (TPSA) is 12.5 Å². The van der Waals surface area contributed by atoms with Crippen LogP contribution in [0, 0.1) is 10.8 Å². The third kappa shape index (κ3) is 2.81. The van der Waals surface area contributed by atoms with E-state index in [1.54, 1.807) is 0 Å². The van der Waals surface area contributed by atoms with E-state index in [2.05, 4.69) is 4.90 Å². The second-order valence-corrected chi connectivity index (χ2v) is 7.28. The van der Waals surface area contributed by atoms with Gasteiger partial charge in [-0.1, -0.05) is 0 Å². The molecular formula is C15H23F4NO. The van der Waals surface area contributed by atoms with Gasteiger partial charge in [0, 0.05) is 43.2 Å². The van der Waals surface area contributed by atoms with Crippen molar-refractivity contribution in [3.63, 3.8) is 0 Å². The van der Waals surface area contributed by atoms with E-state index in [9.17, 15) is 17.6 Å². The van der Waals surface area contributed by atoms with Gasteiger partial charge in [-0.2, -0.15) is 0 Å². The summed E-state index contributed by atoms with van der Waals surface area (Å²) in [5, 5.41) is 0. The normalized spacial score (nSPS) is 31.9. The van der Waals surface area contributed by atoms with Gasteiger partial charge < -0.3 is 9.64 Å². The van der Waals surface area contributed by atoms with E-state index >= 15 is 0 Å². The van der Waals surface area contributed by atoms with Crippen LogP contribution in [0.4, 0.5) is 17.6 Å². The molecule has 1 heterocycles. The predicted octanol–water partition coefficient (Wildman–Crippen LogP) is 3.56. The van der Waals surface area contributed by atoms with E-state index in [0.29, 0.717) is 45.7 Å². The summed E-state index contributed by atoms with van der Waals surface area (Å²) in [7, 11) is 0. The van der Waals surface area contributed by atoms with Crippen molar-refractivity contribution in [3.05, 3.63) is 0 Å². The minimum absolute atomic E-state index is 0.00992. The molecule has 3 aliphatic rings. The molecule has 21 heavy (non-hydrogen) atoms. The highest BCUT2D eigenvalue weighted by Gasteiger charge is 2.70. The highest BCUT2D eigenvalue weighted by Crippen LogP contribution is 2.66. The fourth-order valence-electron chi connectivity index (χ4n) is 4.16. The van der Waals surface area contributed by atoms with Crippen LogP contribution in [0.5, 0.6) is 0 Å². The molecule has 2 nitrogen and oxygen atoms in total. The molecule has 0 bridgehead atoms.